The number of aryl methyl sites for hydroxylation is 1. The summed E-state index contributed by atoms with van der Waals surface area (Å²) in [7, 11) is 2.10. The Morgan fingerprint density at radius 1 is 0.889 bits per heavy atom. The summed E-state index contributed by atoms with van der Waals surface area (Å²) in [5.41, 5.74) is 8.39. The highest BCUT2D eigenvalue weighted by Gasteiger charge is 2.34. The van der Waals surface area contributed by atoms with Gasteiger partial charge in [0.05, 0.1) is 7.05 Å². The molecule has 1 aliphatic carbocycles. The number of benzene rings is 3. The first-order valence-electron chi connectivity index (χ1n) is 9.43. The van der Waals surface area contributed by atoms with Gasteiger partial charge in [0.1, 0.15) is 6.04 Å². The molecule has 0 aromatic heterocycles. The summed E-state index contributed by atoms with van der Waals surface area (Å²) < 4.78 is 0. The lowest BCUT2D eigenvalue weighted by molar-refractivity contribution is -0.897. The van der Waals surface area contributed by atoms with Crippen LogP contribution in [0.15, 0.2) is 66.7 Å². The largest absolute Gasteiger partial charge is 0.321 e. The highest BCUT2D eigenvalue weighted by molar-refractivity contribution is 5.92. The van der Waals surface area contributed by atoms with Crippen LogP contribution < -0.4 is 10.2 Å². The number of fused-ring (bicyclic) bond motifs is 3. The highest BCUT2D eigenvalue weighted by Crippen LogP contribution is 2.41. The van der Waals surface area contributed by atoms with Gasteiger partial charge in [-0.3, -0.25) is 4.79 Å². The summed E-state index contributed by atoms with van der Waals surface area (Å²) in [5, 5.41) is 3.09. The Kier molecular flexibility index (Phi) is 4.54. The molecule has 0 saturated carbocycles. The molecule has 2 N–H and O–H groups in total. The molecule has 1 unspecified atom stereocenters. The van der Waals surface area contributed by atoms with E-state index >= 15 is 0 Å². The van der Waals surface area contributed by atoms with Gasteiger partial charge in [-0.2, -0.15) is 0 Å². The van der Waals surface area contributed by atoms with E-state index in [1.54, 1.807) is 0 Å². The molecular formula is C24H25N2O+. The zero-order valence-electron chi connectivity index (χ0n) is 16.0. The van der Waals surface area contributed by atoms with Crippen LogP contribution in [0.4, 0.5) is 5.69 Å². The third kappa shape index (κ3) is 3.15. The second-order valence-electron chi connectivity index (χ2n) is 7.43. The summed E-state index contributed by atoms with van der Waals surface area (Å²) in [6.45, 7) is 4.53. The van der Waals surface area contributed by atoms with Crippen LogP contribution in [0.1, 0.15) is 28.3 Å². The lowest BCUT2D eigenvalue weighted by Gasteiger charge is -2.23. The molecule has 0 heterocycles. The maximum Gasteiger partial charge on any atom is 0.279 e. The molecule has 1 atom stereocenters. The SMILES string of the molecule is Cc1cccc(NC(=O)C[NH+](C)C2c3ccccc3-c3ccccc32)c1C. The number of likely N-dealkylation sites (N-methyl/N-ethyl adjacent to an activating group) is 1. The molecule has 136 valence electrons. The van der Waals surface area contributed by atoms with Crippen molar-refractivity contribution in [2.45, 2.75) is 19.9 Å². The van der Waals surface area contributed by atoms with Crippen molar-refractivity contribution in [1.82, 2.24) is 0 Å². The van der Waals surface area contributed by atoms with E-state index in [9.17, 15) is 4.79 Å². The third-order valence-corrected chi connectivity index (χ3v) is 5.64. The number of hydrogen-bond donors (Lipinski definition) is 2. The minimum atomic E-state index is 0.0445. The molecule has 0 aliphatic heterocycles. The summed E-state index contributed by atoms with van der Waals surface area (Å²) in [6, 6.07) is 23.3. The second kappa shape index (κ2) is 7.01. The van der Waals surface area contributed by atoms with Crippen LogP contribution in [-0.4, -0.2) is 19.5 Å². The van der Waals surface area contributed by atoms with Gasteiger partial charge in [-0.25, -0.2) is 0 Å². The number of quaternary nitrogens is 1. The van der Waals surface area contributed by atoms with Crippen LogP contribution in [0.2, 0.25) is 0 Å². The Balaban J connectivity index is 1.57. The normalized spacial score (nSPS) is 13.7. The monoisotopic (exact) mass is 357 g/mol. The number of amides is 1. The fraction of sp³-hybridized carbons (Fsp3) is 0.208. The quantitative estimate of drug-likeness (QED) is 0.736. The summed E-state index contributed by atoms with van der Waals surface area (Å²) >= 11 is 0. The molecule has 3 aromatic rings. The van der Waals surface area contributed by atoms with Gasteiger partial charge in [-0.05, 0) is 42.2 Å². The van der Waals surface area contributed by atoms with Gasteiger partial charge in [-0.1, -0.05) is 60.7 Å². The second-order valence-corrected chi connectivity index (χ2v) is 7.43. The minimum Gasteiger partial charge on any atom is -0.321 e. The van der Waals surface area contributed by atoms with Gasteiger partial charge in [-0.15, -0.1) is 0 Å². The standard InChI is InChI=1S/C24H24N2O/c1-16-9-8-14-22(17(16)2)25-23(27)15-26(3)24-20-12-6-4-10-18(20)19-11-5-7-13-21(19)24/h4-14,24H,15H2,1-3H3,(H,25,27)/p+1. The van der Waals surface area contributed by atoms with E-state index in [-0.39, 0.29) is 11.9 Å². The van der Waals surface area contributed by atoms with Gasteiger partial charge in [0.15, 0.2) is 6.54 Å². The summed E-state index contributed by atoms with van der Waals surface area (Å²) in [4.78, 5) is 13.9. The molecule has 0 fully saturated rings. The number of nitrogens with one attached hydrogen (secondary N) is 2. The first kappa shape index (κ1) is 17.5. The predicted octanol–water partition coefficient (Wildman–Crippen LogP) is 3.53. The Morgan fingerprint density at radius 3 is 2.11 bits per heavy atom. The lowest BCUT2D eigenvalue weighted by Crippen LogP contribution is -3.10. The van der Waals surface area contributed by atoms with E-state index in [0.717, 1.165) is 11.3 Å². The van der Waals surface area contributed by atoms with Crippen LogP contribution >= 0.6 is 0 Å². The van der Waals surface area contributed by atoms with Crippen LogP contribution in [0.3, 0.4) is 0 Å². The lowest BCUT2D eigenvalue weighted by atomic mass is 10.0. The first-order chi connectivity index (χ1) is 13.1. The molecule has 3 heteroatoms. The Hall–Kier alpha value is -2.91. The Bertz CT molecular complexity index is 963. The maximum absolute atomic E-state index is 12.7. The van der Waals surface area contributed by atoms with Gasteiger partial charge in [0.2, 0.25) is 0 Å². The Morgan fingerprint density at radius 2 is 1.48 bits per heavy atom. The molecule has 3 aromatic carbocycles. The van der Waals surface area contributed by atoms with Crippen molar-refractivity contribution < 1.29 is 9.69 Å². The van der Waals surface area contributed by atoms with Crippen LogP contribution in [0, 0.1) is 13.8 Å². The number of carbonyl (C=O) groups excluding carboxylic acids is 1. The topological polar surface area (TPSA) is 33.5 Å². The molecule has 3 nitrogen and oxygen atoms in total. The van der Waals surface area contributed by atoms with Crippen LogP contribution in [-0.2, 0) is 4.79 Å². The van der Waals surface area contributed by atoms with Crippen LogP contribution in [0.5, 0.6) is 0 Å². The number of hydrogen-bond acceptors (Lipinski definition) is 1. The zero-order valence-corrected chi connectivity index (χ0v) is 16.0. The van der Waals surface area contributed by atoms with Crippen LogP contribution in [0.25, 0.3) is 11.1 Å². The highest BCUT2D eigenvalue weighted by atomic mass is 16.2. The summed E-state index contributed by atoms with van der Waals surface area (Å²) in [5.74, 6) is 0.0445. The van der Waals surface area contributed by atoms with Crippen molar-refractivity contribution in [2.24, 2.45) is 0 Å². The van der Waals surface area contributed by atoms with E-state index < -0.39 is 0 Å². The van der Waals surface area contributed by atoms with Crippen molar-refractivity contribution in [3.05, 3.63) is 89.0 Å². The van der Waals surface area contributed by atoms with Gasteiger partial charge >= 0.3 is 0 Å². The zero-order chi connectivity index (χ0) is 19.0. The molecule has 1 amide bonds. The molecule has 4 rings (SSSR count). The molecule has 0 bridgehead atoms. The molecule has 0 radical (unpaired) electrons. The molecule has 0 saturated heterocycles. The van der Waals surface area contributed by atoms with E-state index in [1.807, 2.05) is 19.1 Å². The minimum absolute atomic E-state index is 0.0445. The molecule has 27 heavy (non-hydrogen) atoms. The molecule has 0 spiro atoms. The van der Waals surface area contributed by atoms with Crippen molar-refractivity contribution in [2.75, 3.05) is 18.9 Å². The van der Waals surface area contributed by atoms with Crippen molar-refractivity contribution in [1.29, 1.82) is 0 Å². The average molecular weight is 357 g/mol. The summed E-state index contributed by atoms with van der Waals surface area (Å²) in [6.07, 6.45) is 0. The smallest absolute Gasteiger partial charge is 0.279 e. The first-order valence-corrected chi connectivity index (χ1v) is 9.43. The Labute approximate surface area is 160 Å². The van der Waals surface area contributed by atoms with Crippen molar-refractivity contribution in [3.8, 4) is 11.1 Å². The van der Waals surface area contributed by atoms with E-state index in [4.69, 9.17) is 0 Å². The van der Waals surface area contributed by atoms with Gasteiger partial charge in [0, 0.05) is 16.8 Å². The maximum atomic E-state index is 12.7. The van der Waals surface area contributed by atoms with E-state index in [0.29, 0.717) is 6.54 Å². The predicted molar refractivity (Wildman–Crippen MR) is 110 cm³/mol. The van der Waals surface area contributed by atoms with Crippen molar-refractivity contribution >= 4 is 11.6 Å². The number of anilines is 1. The molecular weight excluding hydrogens is 332 g/mol. The number of carbonyl (C=O) groups is 1. The molecule has 1 aliphatic rings. The van der Waals surface area contributed by atoms with Crippen molar-refractivity contribution in [3.63, 3.8) is 0 Å². The van der Waals surface area contributed by atoms with E-state index in [2.05, 4.69) is 73.9 Å². The van der Waals surface area contributed by atoms with Gasteiger partial charge in [0.25, 0.3) is 5.91 Å². The number of rotatable bonds is 4. The van der Waals surface area contributed by atoms with Gasteiger partial charge < -0.3 is 10.2 Å². The fourth-order valence-electron chi connectivity index (χ4n) is 4.12. The van der Waals surface area contributed by atoms with E-state index in [1.165, 1.54) is 32.7 Å². The average Bonchev–Trinajstić information content (AvgIpc) is 3.00. The fourth-order valence-corrected chi connectivity index (χ4v) is 4.12. The third-order valence-electron chi connectivity index (χ3n) is 5.64.